The lowest BCUT2D eigenvalue weighted by Crippen LogP contribution is -2.61. The lowest BCUT2D eigenvalue weighted by atomic mass is 9.33. The van der Waals surface area contributed by atoms with E-state index in [1.807, 2.05) is 22.7 Å². The SMILES string of the molecule is Cc1cc(-c2cc3ccccc3s2)cc(C)c1N1c2cc(C(C)C)cc3c2B(c2c1oc1ccc(C(C)(C)C)cc21)c1c(oc2ccc(C(C)(C)C)cc12)N3c1c(C)cc(-c2cc3ccccc3s2)cc1C. The lowest BCUT2D eigenvalue weighted by Gasteiger charge is -2.42. The van der Waals surface area contributed by atoms with Crippen molar-refractivity contribution in [3.63, 3.8) is 0 Å². The lowest BCUT2D eigenvalue weighted by molar-refractivity contribution is 0.589. The molecule has 7 heteroatoms. The van der Waals surface area contributed by atoms with Gasteiger partial charge in [0.2, 0.25) is 11.8 Å². The number of hydrogen-bond donors (Lipinski definition) is 0. The van der Waals surface area contributed by atoms with E-state index in [0.717, 1.165) is 56.5 Å². The molecule has 2 aliphatic rings. The first-order valence-electron chi connectivity index (χ1n) is 25.5. The van der Waals surface area contributed by atoms with Gasteiger partial charge in [0, 0.05) is 52.2 Å². The summed E-state index contributed by atoms with van der Waals surface area (Å²) in [6.45, 7) is 27.5. The van der Waals surface area contributed by atoms with Crippen LogP contribution in [0.4, 0.5) is 34.5 Å². The summed E-state index contributed by atoms with van der Waals surface area (Å²) in [4.78, 5) is 7.56. The Kier molecular flexibility index (Phi) is 9.93. The highest BCUT2D eigenvalue weighted by Gasteiger charge is 2.50. The molecule has 0 radical (unpaired) electrons. The smallest absolute Gasteiger partial charge is 0.262 e. The zero-order valence-corrected chi connectivity index (χ0v) is 45.0. The summed E-state index contributed by atoms with van der Waals surface area (Å²) in [5.74, 6) is 1.99. The minimum absolute atomic E-state index is 0.0763. The molecule has 356 valence electrons. The molecule has 0 amide bonds. The number of nitrogens with zero attached hydrogens (tertiary/aromatic N) is 2. The van der Waals surface area contributed by atoms with Crippen LogP contribution in [0.25, 0.3) is 63.0 Å². The van der Waals surface area contributed by atoms with E-state index >= 15 is 0 Å². The molecular formula is C65H59BN2O2S2. The first kappa shape index (κ1) is 45.1. The number of hydrogen-bond acceptors (Lipinski definition) is 6. The highest BCUT2D eigenvalue weighted by atomic mass is 32.1. The van der Waals surface area contributed by atoms with Crippen molar-refractivity contribution in [3.8, 4) is 20.9 Å². The van der Waals surface area contributed by atoms with Crippen LogP contribution in [0.1, 0.15) is 100 Å². The van der Waals surface area contributed by atoms with Gasteiger partial charge in [0.25, 0.3) is 6.71 Å². The third-order valence-electron chi connectivity index (χ3n) is 15.6. The Balaban J connectivity index is 1.13. The van der Waals surface area contributed by atoms with Crippen molar-refractivity contribution in [1.82, 2.24) is 0 Å². The van der Waals surface area contributed by atoms with Crippen molar-refractivity contribution >= 4 is 122 Å². The average molecular weight is 975 g/mol. The molecule has 4 aromatic heterocycles. The van der Waals surface area contributed by atoms with Gasteiger partial charge in [0.05, 0.1) is 11.4 Å². The Bertz CT molecular complexity index is 3700. The number of furan rings is 2. The van der Waals surface area contributed by atoms with Crippen LogP contribution >= 0.6 is 22.7 Å². The van der Waals surface area contributed by atoms with Crippen LogP contribution in [-0.4, -0.2) is 6.71 Å². The Morgan fingerprint density at radius 3 is 1.25 bits per heavy atom. The van der Waals surface area contributed by atoms with Gasteiger partial charge in [-0.1, -0.05) is 104 Å². The van der Waals surface area contributed by atoms with Crippen molar-refractivity contribution in [3.05, 3.63) is 172 Å². The highest BCUT2D eigenvalue weighted by molar-refractivity contribution is 7.22. The zero-order chi connectivity index (χ0) is 49.9. The number of rotatable bonds is 5. The molecule has 2 aliphatic heterocycles. The number of fused-ring (bicyclic) bond motifs is 10. The molecule has 0 saturated carbocycles. The highest BCUT2D eigenvalue weighted by Crippen LogP contribution is 2.52. The van der Waals surface area contributed by atoms with Crippen molar-refractivity contribution in [2.45, 2.75) is 99.8 Å². The maximum absolute atomic E-state index is 7.44. The van der Waals surface area contributed by atoms with Crippen LogP contribution in [0.15, 0.2) is 142 Å². The van der Waals surface area contributed by atoms with Crippen LogP contribution < -0.4 is 26.2 Å². The maximum atomic E-state index is 7.44. The summed E-state index contributed by atoms with van der Waals surface area (Å²) in [6.07, 6.45) is 0. The van der Waals surface area contributed by atoms with Gasteiger partial charge in [-0.15, -0.1) is 22.7 Å². The second-order valence-corrected chi connectivity index (χ2v) is 25.2. The van der Waals surface area contributed by atoms with E-state index in [9.17, 15) is 0 Å². The fraction of sp³-hybridized carbons (Fsp3) is 0.231. The molecule has 0 unspecified atom stereocenters. The molecule has 0 spiro atoms. The summed E-state index contributed by atoms with van der Waals surface area (Å²) in [5, 5.41) is 4.86. The minimum Gasteiger partial charge on any atom is -0.440 e. The van der Waals surface area contributed by atoms with Gasteiger partial charge < -0.3 is 8.83 Å². The van der Waals surface area contributed by atoms with E-state index in [0.29, 0.717) is 0 Å². The largest absolute Gasteiger partial charge is 0.440 e. The van der Waals surface area contributed by atoms with E-state index in [2.05, 4.69) is 226 Å². The van der Waals surface area contributed by atoms with E-state index in [1.54, 1.807) is 0 Å². The Hall–Kier alpha value is -6.80. The van der Waals surface area contributed by atoms with Crippen LogP contribution in [0.5, 0.6) is 0 Å². The minimum atomic E-state index is -0.196. The first-order valence-corrected chi connectivity index (χ1v) is 27.2. The van der Waals surface area contributed by atoms with Crippen molar-refractivity contribution in [2.24, 2.45) is 0 Å². The number of anilines is 6. The van der Waals surface area contributed by atoms with Crippen LogP contribution in [0.2, 0.25) is 0 Å². The van der Waals surface area contributed by atoms with Crippen LogP contribution in [0.3, 0.4) is 0 Å². The molecule has 13 rings (SSSR count). The van der Waals surface area contributed by atoms with Gasteiger partial charge in [-0.2, -0.15) is 0 Å². The second-order valence-electron chi connectivity index (χ2n) is 23.0. The summed E-state index contributed by atoms with van der Waals surface area (Å²) in [7, 11) is 0. The Labute approximate surface area is 431 Å². The second kappa shape index (κ2) is 15.9. The molecule has 4 nitrogen and oxygen atoms in total. The summed E-state index contributed by atoms with van der Waals surface area (Å²) in [6, 6.07) is 50.4. The molecular weight excluding hydrogens is 916 g/mol. The van der Waals surface area contributed by atoms with Gasteiger partial charge in [0.15, 0.2) is 0 Å². The third kappa shape index (κ3) is 6.83. The first-order chi connectivity index (χ1) is 34.4. The molecule has 6 heterocycles. The molecule has 0 saturated heterocycles. The number of aryl methyl sites for hydroxylation is 4. The van der Waals surface area contributed by atoms with Gasteiger partial charge in [-0.3, -0.25) is 9.80 Å². The van der Waals surface area contributed by atoms with E-state index in [4.69, 9.17) is 8.83 Å². The molecule has 0 N–H and O–H groups in total. The fourth-order valence-electron chi connectivity index (χ4n) is 11.9. The van der Waals surface area contributed by atoms with Crippen molar-refractivity contribution in [2.75, 3.05) is 9.80 Å². The monoisotopic (exact) mass is 974 g/mol. The zero-order valence-electron chi connectivity index (χ0n) is 43.4. The van der Waals surface area contributed by atoms with E-state index < -0.39 is 0 Å². The molecule has 11 aromatic rings. The predicted octanol–water partition coefficient (Wildman–Crippen LogP) is 18.0. The quantitative estimate of drug-likeness (QED) is 0.161. The van der Waals surface area contributed by atoms with Crippen molar-refractivity contribution in [1.29, 1.82) is 0 Å². The molecule has 0 fully saturated rings. The summed E-state index contributed by atoms with van der Waals surface area (Å²) >= 11 is 3.73. The third-order valence-corrected chi connectivity index (χ3v) is 17.9. The molecule has 0 aliphatic carbocycles. The Morgan fingerprint density at radius 2 is 0.875 bits per heavy atom. The predicted molar refractivity (Wildman–Crippen MR) is 312 cm³/mol. The van der Waals surface area contributed by atoms with Gasteiger partial charge in [-0.05, 0) is 196 Å². The molecule has 72 heavy (non-hydrogen) atoms. The molecule has 7 aromatic carbocycles. The number of benzene rings is 7. The van der Waals surface area contributed by atoms with Crippen LogP contribution in [0, 0.1) is 27.7 Å². The van der Waals surface area contributed by atoms with Crippen molar-refractivity contribution < 1.29 is 8.83 Å². The summed E-state index contributed by atoms with van der Waals surface area (Å²) < 4.78 is 17.5. The average Bonchev–Trinajstić information content (AvgIpc) is 4.14. The van der Waals surface area contributed by atoms with E-state index in [-0.39, 0.29) is 23.5 Å². The maximum Gasteiger partial charge on any atom is 0.262 e. The fourth-order valence-corrected chi connectivity index (χ4v) is 14.0. The normalized spacial score (nSPS) is 13.6. The standard InChI is InChI=1S/C65H59BN2O2S2/c1-35(2)42-29-49-59-50(30-42)68(61-38(5)27-44(28-39(61)6)56-32-41-18-14-16-20-54(41)72-56)63-58(48-34-46(65(10,11)12)22-24-52(48)70-63)66(59)57-47-33-45(64(7,8)9)21-23-51(47)69-62(57)67(49)60-36(3)25-43(26-37(60)4)55-31-40-17-13-15-19-53(40)71-55/h13-35H,1-12H3. The Morgan fingerprint density at radius 1 is 0.472 bits per heavy atom. The van der Waals surface area contributed by atoms with Gasteiger partial charge in [-0.25, -0.2) is 0 Å². The topological polar surface area (TPSA) is 32.8 Å². The molecule has 0 bridgehead atoms. The van der Waals surface area contributed by atoms with E-state index in [1.165, 1.54) is 96.4 Å². The van der Waals surface area contributed by atoms with Crippen LogP contribution in [-0.2, 0) is 10.8 Å². The number of thiophene rings is 2. The molecule has 0 atom stereocenters. The van der Waals surface area contributed by atoms with Gasteiger partial charge >= 0.3 is 0 Å². The van der Waals surface area contributed by atoms with Gasteiger partial charge in [0.1, 0.15) is 11.2 Å². The summed E-state index contributed by atoms with van der Waals surface area (Å²) in [5.41, 5.74) is 21.0.